The lowest BCUT2D eigenvalue weighted by atomic mass is 9.47. The minimum Gasteiger partial charge on any atom is -0.458 e. The summed E-state index contributed by atoms with van der Waals surface area (Å²) in [5.74, 6) is 2.58. The van der Waals surface area contributed by atoms with Gasteiger partial charge in [-0.1, -0.05) is 43.7 Å². The van der Waals surface area contributed by atoms with Crippen LogP contribution in [0.25, 0.3) is 0 Å². The normalized spacial score (nSPS) is 41.4. The molecule has 0 heterocycles. The number of hydrogen-bond donors (Lipinski definition) is 0. The number of carbonyl (C=O) groups excluding carboxylic acids is 2. The smallest absolute Gasteiger partial charge is 0.338 e. The third kappa shape index (κ3) is 3.31. The maximum atomic E-state index is 12.6. The van der Waals surface area contributed by atoms with Crippen LogP contribution in [0.3, 0.4) is 0 Å². The lowest BCUT2D eigenvalue weighted by Gasteiger charge is -2.58. The van der Waals surface area contributed by atoms with Crippen LogP contribution in [0.2, 0.25) is 0 Å². The topological polar surface area (TPSA) is 43.4 Å². The van der Waals surface area contributed by atoms with Crippen LogP contribution in [-0.4, -0.2) is 17.9 Å². The molecule has 4 unspecified atom stereocenters. The molecule has 0 bridgehead atoms. The lowest BCUT2D eigenvalue weighted by molar-refractivity contribution is -0.127. The Bertz CT molecular complexity index is 902. The molecular formula is C28H36O3. The zero-order valence-electron chi connectivity index (χ0n) is 19.2. The second-order valence-corrected chi connectivity index (χ2v) is 11.2. The van der Waals surface area contributed by atoms with Crippen molar-refractivity contribution in [3.8, 4) is 0 Å². The summed E-state index contributed by atoms with van der Waals surface area (Å²) in [4.78, 5) is 24.9. The molecule has 0 aromatic heterocycles. The Morgan fingerprint density at radius 3 is 2.48 bits per heavy atom. The molecule has 0 spiro atoms. The fraction of sp³-hybridized carbons (Fsp3) is 0.643. The summed E-state index contributed by atoms with van der Waals surface area (Å²) in [6, 6.07) is 9.34. The third-order valence-corrected chi connectivity index (χ3v) is 9.83. The molecule has 166 valence electrons. The predicted octanol–water partition coefficient (Wildman–Crippen LogP) is 6.38. The lowest BCUT2D eigenvalue weighted by Crippen LogP contribution is -2.51. The summed E-state index contributed by atoms with van der Waals surface area (Å²) in [5.41, 5.74) is 2.60. The average molecular weight is 421 g/mol. The van der Waals surface area contributed by atoms with Crippen molar-refractivity contribution < 1.29 is 14.3 Å². The number of rotatable bonds is 3. The minimum atomic E-state index is -0.196. The molecule has 3 heteroatoms. The number of benzene rings is 1. The molecule has 4 aliphatic rings. The Hall–Kier alpha value is -1.90. The molecule has 3 saturated carbocycles. The monoisotopic (exact) mass is 420 g/mol. The van der Waals surface area contributed by atoms with Crippen LogP contribution in [0.5, 0.6) is 0 Å². The Labute approximate surface area is 186 Å². The highest BCUT2D eigenvalue weighted by atomic mass is 16.5. The van der Waals surface area contributed by atoms with Gasteiger partial charge in [0.2, 0.25) is 0 Å². The third-order valence-electron chi connectivity index (χ3n) is 9.83. The van der Waals surface area contributed by atoms with E-state index in [0.717, 1.165) is 32.1 Å². The standard InChI is InChI=1S/C28H36O3/c1-18(29)23-11-12-24-22-10-9-20-17-21(31-26(30)19-7-5-4-6-8-19)13-15-27(20,2)25(22)14-16-28(23,24)3/h4-9,21-25H,10-17H2,1-3H3/t21-,22?,23?,24?,25?,27-,28+/m0/s1. The van der Waals surface area contributed by atoms with E-state index >= 15 is 0 Å². The number of allylic oxidation sites excluding steroid dienone is 1. The maximum absolute atomic E-state index is 12.6. The average Bonchev–Trinajstić information content (AvgIpc) is 3.12. The van der Waals surface area contributed by atoms with Crippen LogP contribution < -0.4 is 0 Å². The van der Waals surface area contributed by atoms with Gasteiger partial charge in [0, 0.05) is 12.3 Å². The first-order valence-electron chi connectivity index (χ1n) is 12.3. The molecule has 0 radical (unpaired) electrons. The molecule has 3 fully saturated rings. The van der Waals surface area contributed by atoms with Gasteiger partial charge in [0.15, 0.2) is 0 Å². The summed E-state index contributed by atoms with van der Waals surface area (Å²) in [6.45, 7) is 6.70. The zero-order valence-corrected chi connectivity index (χ0v) is 19.2. The van der Waals surface area contributed by atoms with Crippen LogP contribution in [0, 0.1) is 34.5 Å². The van der Waals surface area contributed by atoms with Crippen molar-refractivity contribution in [2.45, 2.75) is 78.2 Å². The molecular weight excluding hydrogens is 384 g/mol. The van der Waals surface area contributed by atoms with Gasteiger partial charge in [-0.3, -0.25) is 4.79 Å². The number of Topliss-reactive ketones (excluding diaryl/α,β-unsaturated/α-hetero) is 1. The van der Waals surface area contributed by atoms with Gasteiger partial charge < -0.3 is 4.74 Å². The van der Waals surface area contributed by atoms with E-state index in [9.17, 15) is 9.59 Å². The van der Waals surface area contributed by atoms with Crippen molar-refractivity contribution in [3.63, 3.8) is 0 Å². The zero-order chi connectivity index (χ0) is 21.8. The van der Waals surface area contributed by atoms with Crippen LogP contribution in [-0.2, 0) is 9.53 Å². The number of esters is 1. The van der Waals surface area contributed by atoms with Crippen LogP contribution >= 0.6 is 0 Å². The van der Waals surface area contributed by atoms with Gasteiger partial charge in [-0.2, -0.15) is 0 Å². The second-order valence-electron chi connectivity index (χ2n) is 11.2. The van der Waals surface area contributed by atoms with E-state index in [0.29, 0.717) is 29.1 Å². The van der Waals surface area contributed by atoms with Gasteiger partial charge >= 0.3 is 5.97 Å². The molecule has 0 aliphatic heterocycles. The molecule has 7 atom stereocenters. The van der Waals surface area contributed by atoms with Gasteiger partial charge in [-0.15, -0.1) is 0 Å². The van der Waals surface area contributed by atoms with Crippen molar-refractivity contribution >= 4 is 11.8 Å². The number of hydrogen-bond acceptors (Lipinski definition) is 3. The van der Waals surface area contributed by atoms with E-state index in [4.69, 9.17) is 4.74 Å². The molecule has 1 aromatic carbocycles. The van der Waals surface area contributed by atoms with Crippen molar-refractivity contribution in [1.82, 2.24) is 0 Å². The Morgan fingerprint density at radius 1 is 0.968 bits per heavy atom. The quantitative estimate of drug-likeness (QED) is 0.421. The molecule has 31 heavy (non-hydrogen) atoms. The molecule has 0 amide bonds. The van der Waals surface area contributed by atoms with Gasteiger partial charge in [0.25, 0.3) is 0 Å². The first kappa shape index (κ1) is 21.0. The molecule has 0 N–H and O–H groups in total. The van der Waals surface area contributed by atoms with E-state index in [-0.39, 0.29) is 28.8 Å². The molecule has 4 aliphatic carbocycles. The summed E-state index contributed by atoms with van der Waals surface area (Å²) in [7, 11) is 0. The SMILES string of the molecule is CC(=O)C1CCC2C3CC=C4C[C@@H](OC(=O)c5ccccc5)CC[C@]4(C)C3CC[C@]12C. The van der Waals surface area contributed by atoms with Crippen LogP contribution in [0.4, 0.5) is 0 Å². The van der Waals surface area contributed by atoms with Crippen LogP contribution in [0.15, 0.2) is 42.0 Å². The number of ether oxygens (including phenoxy) is 1. The molecule has 3 nitrogen and oxygen atoms in total. The van der Waals surface area contributed by atoms with Crippen molar-refractivity contribution in [3.05, 3.63) is 47.5 Å². The fourth-order valence-electron chi connectivity index (χ4n) is 8.19. The Morgan fingerprint density at radius 2 is 1.74 bits per heavy atom. The summed E-state index contributed by atoms with van der Waals surface area (Å²) in [5, 5.41) is 0. The first-order valence-corrected chi connectivity index (χ1v) is 12.3. The number of ketones is 1. The highest BCUT2D eigenvalue weighted by Crippen LogP contribution is 2.66. The predicted molar refractivity (Wildman–Crippen MR) is 122 cm³/mol. The van der Waals surface area contributed by atoms with Crippen molar-refractivity contribution in [1.29, 1.82) is 0 Å². The highest BCUT2D eigenvalue weighted by molar-refractivity contribution is 5.89. The van der Waals surface area contributed by atoms with Gasteiger partial charge in [0.1, 0.15) is 11.9 Å². The minimum absolute atomic E-state index is 0.00832. The summed E-state index contributed by atoms with van der Waals surface area (Å²) < 4.78 is 5.92. The second kappa shape index (κ2) is 7.60. The van der Waals surface area contributed by atoms with Crippen molar-refractivity contribution in [2.75, 3.05) is 0 Å². The number of fused-ring (bicyclic) bond motifs is 5. The Balaban J connectivity index is 1.32. The van der Waals surface area contributed by atoms with E-state index in [1.165, 1.54) is 24.8 Å². The van der Waals surface area contributed by atoms with Crippen LogP contribution in [0.1, 0.15) is 82.5 Å². The maximum Gasteiger partial charge on any atom is 0.338 e. The Kier molecular flexibility index (Phi) is 5.14. The molecule has 5 rings (SSSR count). The van der Waals surface area contributed by atoms with E-state index in [2.05, 4.69) is 19.9 Å². The van der Waals surface area contributed by atoms with Gasteiger partial charge in [-0.25, -0.2) is 4.79 Å². The fourth-order valence-corrected chi connectivity index (χ4v) is 8.19. The summed E-state index contributed by atoms with van der Waals surface area (Å²) >= 11 is 0. The van der Waals surface area contributed by atoms with E-state index in [1.54, 1.807) is 0 Å². The first-order chi connectivity index (χ1) is 14.8. The number of carbonyl (C=O) groups is 2. The van der Waals surface area contributed by atoms with Gasteiger partial charge in [0.05, 0.1) is 5.56 Å². The summed E-state index contributed by atoms with van der Waals surface area (Å²) in [6.07, 6.45) is 11.3. The highest BCUT2D eigenvalue weighted by Gasteiger charge is 2.59. The molecule has 0 saturated heterocycles. The van der Waals surface area contributed by atoms with Crippen molar-refractivity contribution in [2.24, 2.45) is 34.5 Å². The molecule has 1 aromatic rings. The largest absolute Gasteiger partial charge is 0.458 e. The van der Waals surface area contributed by atoms with Gasteiger partial charge in [-0.05, 0) is 92.6 Å². The van der Waals surface area contributed by atoms with E-state index in [1.807, 2.05) is 37.3 Å². The van der Waals surface area contributed by atoms with E-state index < -0.39 is 0 Å².